The van der Waals surface area contributed by atoms with E-state index in [9.17, 15) is 4.79 Å². The Morgan fingerprint density at radius 2 is 2.00 bits per heavy atom. The van der Waals surface area contributed by atoms with Crippen LogP contribution in [0.4, 0.5) is 0 Å². The van der Waals surface area contributed by atoms with E-state index in [4.69, 9.17) is 5.11 Å². The lowest BCUT2D eigenvalue weighted by Crippen LogP contribution is -2.38. The van der Waals surface area contributed by atoms with Crippen LogP contribution in [0, 0.1) is 0 Å². The maximum absolute atomic E-state index is 10.9. The molecule has 0 amide bonds. The minimum absolute atomic E-state index is 0.162. The summed E-state index contributed by atoms with van der Waals surface area (Å²) in [5, 5.41) is 8.99. The zero-order valence-electron chi connectivity index (χ0n) is 10.6. The molecule has 1 aromatic heterocycles. The predicted molar refractivity (Wildman–Crippen MR) is 69.4 cm³/mol. The van der Waals surface area contributed by atoms with Crippen molar-refractivity contribution in [3.05, 3.63) is 30.1 Å². The van der Waals surface area contributed by atoms with E-state index in [-0.39, 0.29) is 6.54 Å². The summed E-state index contributed by atoms with van der Waals surface area (Å²) in [4.78, 5) is 17.0. The first-order valence-corrected chi connectivity index (χ1v) is 6.60. The normalized spacial score (nSPS) is 16.3. The number of aliphatic carboxylic acids is 1. The fourth-order valence-electron chi connectivity index (χ4n) is 2.66. The fourth-order valence-corrected chi connectivity index (χ4v) is 2.66. The van der Waals surface area contributed by atoms with Crippen molar-refractivity contribution in [2.24, 2.45) is 0 Å². The Morgan fingerprint density at radius 1 is 1.33 bits per heavy atom. The van der Waals surface area contributed by atoms with Gasteiger partial charge in [-0.2, -0.15) is 0 Å². The van der Waals surface area contributed by atoms with Crippen molar-refractivity contribution < 1.29 is 9.90 Å². The van der Waals surface area contributed by atoms with Gasteiger partial charge in [0.15, 0.2) is 0 Å². The highest BCUT2D eigenvalue weighted by atomic mass is 16.4. The highest BCUT2D eigenvalue weighted by Gasteiger charge is 2.23. The standard InChI is InChI=1S/C14H20N2O2/c17-14(18)11-16(13-3-1-2-4-13)10-7-12-5-8-15-9-6-12/h5-6,8-9,13H,1-4,7,10-11H2,(H,17,18). The Kier molecular flexibility index (Phi) is 4.70. The van der Waals surface area contributed by atoms with Crippen LogP contribution in [0.2, 0.25) is 0 Å². The molecule has 0 aromatic carbocycles. The van der Waals surface area contributed by atoms with E-state index in [1.165, 1.54) is 18.4 Å². The van der Waals surface area contributed by atoms with Gasteiger partial charge in [-0.3, -0.25) is 14.7 Å². The summed E-state index contributed by atoms with van der Waals surface area (Å²) in [5.41, 5.74) is 1.22. The lowest BCUT2D eigenvalue weighted by Gasteiger charge is -2.27. The van der Waals surface area contributed by atoms with Crippen molar-refractivity contribution in [1.29, 1.82) is 0 Å². The van der Waals surface area contributed by atoms with Crippen molar-refractivity contribution in [3.8, 4) is 0 Å². The van der Waals surface area contributed by atoms with E-state index in [1.54, 1.807) is 12.4 Å². The van der Waals surface area contributed by atoms with Crippen molar-refractivity contribution in [2.45, 2.75) is 38.1 Å². The number of aromatic nitrogens is 1. The number of nitrogens with zero attached hydrogens (tertiary/aromatic N) is 2. The molecule has 1 aliphatic carbocycles. The van der Waals surface area contributed by atoms with Crippen LogP contribution in [0.3, 0.4) is 0 Å². The van der Waals surface area contributed by atoms with Gasteiger partial charge < -0.3 is 5.11 Å². The molecule has 1 aliphatic rings. The summed E-state index contributed by atoms with van der Waals surface area (Å²) in [6.45, 7) is 0.983. The minimum atomic E-state index is -0.725. The second-order valence-corrected chi connectivity index (χ2v) is 4.91. The molecule has 0 saturated heterocycles. The average Bonchev–Trinajstić information content (AvgIpc) is 2.89. The van der Waals surface area contributed by atoms with Crippen molar-refractivity contribution in [3.63, 3.8) is 0 Å². The van der Waals surface area contributed by atoms with Crippen LogP contribution in [-0.2, 0) is 11.2 Å². The van der Waals surface area contributed by atoms with Gasteiger partial charge in [-0.15, -0.1) is 0 Å². The van der Waals surface area contributed by atoms with E-state index < -0.39 is 5.97 Å². The highest BCUT2D eigenvalue weighted by molar-refractivity contribution is 5.69. The Balaban J connectivity index is 1.90. The maximum atomic E-state index is 10.9. The van der Waals surface area contributed by atoms with Gasteiger partial charge in [0.2, 0.25) is 0 Å². The van der Waals surface area contributed by atoms with Crippen molar-refractivity contribution in [1.82, 2.24) is 9.88 Å². The maximum Gasteiger partial charge on any atom is 0.317 e. The van der Waals surface area contributed by atoms with Crippen LogP contribution < -0.4 is 0 Å². The predicted octanol–water partition coefficient (Wildman–Crippen LogP) is 1.95. The Morgan fingerprint density at radius 3 is 2.61 bits per heavy atom. The Hall–Kier alpha value is -1.42. The molecule has 0 atom stereocenters. The Labute approximate surface area is 108 Å². The number of carboxylic acids is 1. The molecule has 0 aliphatic heterocycles. The number of carbonyl (C=O) groups is 1. The molecular weight excluding hydrogens is 228 g/mol. The summed E-state index contributed by atoms with van der Waals surface area (Å²) < 4.78 is 0. The number of hydrogen-bond donors (Lipinski definition) is 1. The summed E-state index contributed by atoms with van der Waals surface area (Å²) >= 11 is 0. The third kappa shape index (κ3) is 3.81. The fraction of sp³-hybridized carbons (Fsp3) is 0.571. The second kappa shape index (κ2) is 6.50. The Bertz CT molecular complexity index is 375. The van der Waals surface area contributed by atoms with Crippen LogP contribution in [0.15, 0.2) is 24.5 Å². The minimum Gasteiger partial charge on any atom is -0.480 e. The summed E-state index contributed by atoms with van der Waals surface area (Å²) in [6.07, 6.45) is 9.21. The number of carboxylic acid groups (broad SMARTS) is 1. The zero-order chi connectivity index (χ0) is 12.8. The number of rotatable bonds is 6. The van der Waals surface area contributed by atoms with E-state index in [0.29, 0.717) is 6.04 Å². The van der Waals surface area contributed by atoms with E-state index in [2.05, 4.69) is 9.88 Å². The van der Waals surface area contributed by atoms with Crippen LogP contribution in [-0.4, -0.2) is 40.1 Å². The first-order valence-electron chi connectivity index (χ1n) is 6.60. The van der Waals surface area contributed by atoms with Gasteiger partial charge >= 0.3 is 5.97 Å². The topological polar surface area (TPSA) is 53.4 Å². The molecule has 18 heavy (non-hydrogen) atoms. The SMILES string of the molecule is O=C(O)CN(CCc1ccncc1)C1CCCC1. The zero-order valence-corrected chi connectivity index (χ0v) is 10.6. The van der Waals surface area contributed by atoms with Crippen LogP contribution in [0.5, 0.6) is 0 Å². The molecular formula is C14H20N2O2. The molecule has 4 heteroatoms. The molecule has 4 nitrogen and oxygen atoms in total. The number of hydrogen-bond acceptors (Lipinski definition) is 3. The molecule has 2 rings (SSSR count). The van der Waals surface area contributed by atoms with E-state index in [1.807, 2.05) is 12.1 Å². The van der Waals surface area contributed by atoms with E-state index in [0.717, 1.165) is 25.8 Å². The third-order valence-corrected chi connectivity index (χ3v) is 3.62. The molecule has 0 unspecified atom stereocenters. The molecule has 0 radical (unpaired) electrons. The van der Waals surface area contributed by atoms with Gasteiger partial charge in [-0.1, -0.05) is 12.8 Å². The van der Waals surface area contributed by atoms with Crippen molar-refractivity contribution >= 4 is 5.97 Å². The van der Waals surface area contributed by atoms with Gasteiger partial charge in [0.25, 0.3) is 0 Å². The molecule has 0 spiro atoms. The highest BCUT2D eigenvalue weighted by Crippen LogP contribution is 2.23. The largest absolute Gasteiger partial charge is 0.480 e. The molecule has 1 aromatic rings. The van der Waals surface area contributed by atoms with Crippen LogP contribution in [0.25, 0.3) is 0 Å². The third-order valence-electron chi connectivity index (χ3n) is 3.62. The monoisotopic (exact) mass is 248 g/mol. The smallest absolute Gasteiger partial charge is 0.317 e. The van der Waals surface area contributed by atoms with Crippen molar-refractivity contribution in [2.75, 3.05) is 13.1 Å². The molecule has 98 valence electrons. The molecule has 0 bridgehead atoms. The molecule has 1 saturated carbocycles. The van der Waals surface area contributed by atoms with Crippen LogP contribution >= 0.6 is 0 Å². The molecule has 1 N–H and O–H groups in total. The average molecular weight is 248 g/mol. The van der Waals surface area contributed by atoms with Gasteiger partial charge in [-0.25, -0.2) is 0 Å². The number of pyridine rings is 1. The van der Waals surface area contributed by atoms with Crippen LogP contribution in [0.1, 0.15) is 31.2 Å². The van der Waals surface area contributed by atoms with Gasteiger partial charge in [0.1, 0.15) is 0 Å². The first kappa shape index (κ1) is 13.0. The molecule has 1 heterocycles. The van der Waals surface area contributed by atoms with E-state index >= 15 is 0 Å². The van der Waals surface area contributed by atoms with Gasteiger partial charge in [0, 0.05) is 25.0 Å². The van der Waals surface area contributed by atoms with Gasteiger partial charge in [-0.05, 0) is 37.0 Å². The lowest BCUT2D eigenvalue weighted by molar-refractivity contribution is -0.138. The summed E-state index contributed by atoms with van der Waals surface area (Å²) in [6, 6.07) is 4.45. The molecule has 1 fully saturated rings. The quantitative estimate of drug-likeness (QED) is 0.836. The second-order valence-electron chi connectivity index (χ2n) is 4.91. The lowest BCUT2D eigenvalue weighted by atomic mass is 10.1. The van der Waals surface area contributed by atoms with Gasteiger partial charge in [0.05, 0.1) is 6.54 Å². The first-order chi connectivity index (χ1) is 8.75. The summed E-state index contributed by atoms with van der Waals surface area (Å²) in [5.74, 6) is -0.725. The summed E-state index contributed by atoms with van der Waals surface area (Å²) in [7, 11) is 0.